The lowest BCUT2D eigenvalue weighted by molar-refractivity contribution is -0.150. The van der Waals surface area contributed by atoms with E-state index in [0.29, 0.717) is 11.8 Å². The van der Waals surface area contributed by atoms with E-state index in [4.69, 9.17) is 0 Å². The van der Waals surface area contributed by atoms with Crippen molar-refractivity contribution in [2.24, 2.45) is 17.3 Å². The van der Waals surface area contributed by atoms with Gasteiger partial charge in [0.1, 0.15) is 5.66 Å². The number of fused-ring (bicyclic) bond motifs is 3. The highest BCUT2D eigenvalue weighted by molar-refractivity contribution is 6.02. The Labute approximate surface area is 167 Å². The standard InChI is InChI=1S/C23H31N3O2/c1-22-11-10-16(14-18(22)21(28)26-12-6-2-3-7-13-26)23(15-22)24-19-9-5-4-8-17(19)20(27)25-23/h4-5,8-9,16,18,24H,2-3,6-7,10-15H2,1H3,(H,25,27). The van der Waals surface area contributed by atoms with E-state index in [2.05, 4.69) is 22.5 Å². The van der Waals surface area contributed by atoms with Crippen molar-refractivity contribution in [1.82, 2.24) is 10.2 Å². The molecule has 2 bridgehead atoms. The zero-order chi connectivity index (χ0) is 19.4. The van der Waals surface area contributed by atoms with Gasteiger partial charge in [-0.1, -0.05) is 31.9 Å². The molecule has 150 valence electrons. The van der Waals surface area contributed by atoms with Crippen molar-refractivity contribution in [1.29, 1.82) is 0 Å². The number of hydrogen-bond acceptors (Lipinski definition) is 3. The predicted molar refractivity (Wildman–Crippen MR) is 109 cm³/mol. The highest BCUT2D eigenvalue weighted by atomic mass is 16.2. The number of carbonyl (C=O) groups excluding carboxylic acids is 2. The Bertz CT molecular complexity index is 801. The zero-order valence-electron chi connectivity index (χ0n) is 16.8. The number of carbonyl (C=O) groups is 2. The minimum absolute atomic E-state index is 0.0147. The van der Waals surface area contributed by atoms with Crippen molar-refractivity contribution in [3.63, 3.8) is 0 Å². The van der Waals surface area contributed by atoms with Crippen molar-refractivity contribution < 1.29 is 9.59 Å². The normalized spacial score (nSPS) is 37.0. The van der Waals surface area contributed by atoms with Gasteiger partial charge in [-0.3, -0.25) is 9.59 Å². The van der Waals surface area contributed by atoms with Gasteiger partial charge >= 0.3 is 0 Å². The summed E-state index contributed by atoms with van der Waals surface area (Å²) in [6.07, 6.45) is 8.60. The second kappa shape index (κ2) is 6.50. The van der Waals surface area contributed by atoms with Gasteiger partial charge in [0, 0.05) is 30.6 Å². The molecule has 2 aliphatic heterocycles. The summed E-state index contributed by atoms with van der Waals surface area (Å²) in [7, 11) is 0. The molecule has 0 radical (unpaired) electrons. The number of likely N-dealkylation sites (tertiary alicyclic amines) is 1. The van der Waals surface area contributed by atoms with Crippen LogP contribution in [-0.2, 0) is 4.79 Å². The van der Waals surface area contributed by atoms with E-state index in [0.717, 1.165) is 62.9 Å². The second-order valence-electron chi connectivity index (χ2n) is 9.69. The van der Waals surface area contributed by atoms with E-state index in [1.54, 1.807) is 0 Å². The highest BCUT2D eigenvalue weighted by Gasteiger charge is 2.60. The first-order chi connectivity index (χ1) is 13.5. The van der Waals surface area contributed by atoms with E-state index < -0.39 is 5.66 Å². The summed E-state index contributed by atoms with van der Waals surface area (Å²) in [5.74, 6) is 0.769. The molecular weight excluding hydrogens is 350 g/mol. The van der Waals surface area contributed by atoms with Crippen molar-refractivity contribution in [3.8, 4) is 0 Å². The molecule has 1 aromatic carbocycles. The van der Waals surface area contributed by atoms with Gasteiger partial charge in [-0.25, -0.2) is 0 Å². The molecule has 3 saturated carbocycles. The molecule has 5 heteroatoms. The summed E-state index contributed by atoms with van der Waals surface area (Å²) < 4.78 is 0. The minimum Gasteiger partial charge on any atom is -0.362 e. The van der Waals surface area contributed by atoms with Gasteiger partial charge in [0.05, 0.1) is 5.56 Å². The van der Waals surface area contributed by atoms with E-state index in [1.165, 1.54) is 12.8 Å². The number of anilines is 1. The molecule has 1 saturated heterocycles. The monoisotopic (exact) mass is 381 g/mol. The molecule has 1 spiro atoms. The number of hydrogen-bond donors (Lipinski definition) is 2. The van der Waals surface area contributed by atoms with Crippen molar-refractivity contribution in [2.45, 2.75) is 64.0 Å². The van der Waals surface area contributed by atoms with Gasteiger partial charge in [0.25, 0.3) is 5.91 Å². The fraction of sp³-hybridized carbons (Fsp3) is 0.652. The van der Waals surface area contributed by atoms with Gasteiger partial charge in [-0.05, 0) is 56.1 Å². The fourth-order valence-electron chi connectivity index (χ4n) is 6.34. The molecular formula is C23H31N3O2. The van der Waals surface area contributed by atoms with Crippen LogP contribution in [-0.4, -0.2) is 35.5 Å². The number of para-hydroxylation sites is 1. The third-order valence-electron chi connectivity index (χ3n) is 7.89. The highest BCUT2D eigenvalue weighted by Crippen LogP contribution is 2.58. The Morgan fingerprint density at radius 3 is 2.61 bits per heavy atom. The van der Waals surface area contributed by atoms with Gasteiger partial charge in [0.2, 0.25) is 5.91 Å². The Morgan fingerprint density at radius 2 is 1.86 bits per heavy atom. The summed E-state index contributed by atoms with van der Waals surface area (Å²) in [4.78, 5) is 28.4. The fourth-order valence-corrected chi connectivity index (χ4v) is 6.34. The number of nitrogens with one attached hydrogen (secondary N) is 2. The van der Waals surface area contributed by atoms with E-state index >= 15 is 0 Å². The molecule has 5 nitrogen and oxygen atoms in total. The number of amides is 2. The Morgan fingerprint density at radius 1 is 1.11 bits per heavy atom. The maximum Gasteiger partial charge on any atom is 0.255 e. The van der Waals surface area contributed by atoms with E-state index in [-0.39, 0.29) is 17.2 Å². The van der Waals surface area contributed by atoms with Crippen LogP contribution < -0.4 is 10.6 Å². The van der Waals surface area contributed by atoms with E-state index in [1.807, 2.05) is 24.3 Å². The lowest BCUT2D eigenvalue weighted by Crippen LogP contribution is -2.70. The summed E-state index contributed by atoms with van der Waals surface area (Å²) in [6.45, 7) is 4.12. The van der Waals surface area contributed by atoms with Crippen LogP contribution in [0.4, 0.5) is 5.69 Å². The molecule has 4 fully saturated rings. The summed E-state index contributed by atoms with van der Waals surface area (Å²) >= 11 is 0. The van der Waals surface area contributed by atoms with Crippen LogP contribution in [0.2, 0.25) is 0 Å². The van der Waals surface area contributed by atoms with Crippen LogP contribution in [0.3, 0.4) is 0 Å². The largest absolute Gasteiger partial charge is 0.362 e. The smallest absolute Gasteiger partial charge is 0.255 e. The van der Waals surface area contributed by atoms with E-state index in [9.17, 15) is 9.59 Å². The molecule has 0 aromatic heterocycles. The quantitative estimate of drug-likeness (QED) is 0.778. The van der Waals surface area contributed by atoms with Gasteiger partial charge in [-0.2, -0.15) is 0 Å². The van der Waals surface area contributed by atoms with Gasteiger partial charge in [0.15, 0.2) is 0 Å². The first kappa shape index (κ1) is 18.0. The van der Waals surface area contributed by atoms with Crippen molar-refractivity contribution >= 4 is 17.5 Å². The zero-order valence-corrected chi connectivity index (χ0v) is 16.8. The van der Waals surface area contributed by atoms with Gasteiger partial charge in [-0.15, -0.1) is 0 Å². The molecule has 2 N–H and O–H groups in total. The predicted octanol–water partition coefficient (Wildman–Crippen LogP) is 3.77. The Hall–Kier alpha value is -2.04. The first-order valence-electron chi connectivity index (χ1n) is 11.0. The first-order valence-corrected chi connectivity index (χ1v) is 11.0. The lowest BCUT2D eigenvalue weighted by Gasteiger charge is -2.61. The maximum absolute atomic E-state index is 13.5. The summed E-state index contributed by atoms with van der Waals surface area (Å²) in [5, 5.41) is 7.01. The number of rotatable bonds is 1. The average Bonchev–Trinajstić information content (AvgIpc) is 2.96. The van der Waals surface area contributed by atoms with Crippen LogP contribution in [0.25, 0.3) is 0 Å². The van der Waals surface area contributed by atoms with Crippen molar-refractivity contribution in [3.05, 3.63) is 29.8 Å². The molecule has 3 aliphatic carbocycles. The molecule has 2 amide bonds. The lowest BCUT2D eigenvalue weighted by atomic mass is 9.51. The second-order valence-corrected chi connectivity index (χ2v) is 9.69. The molecule has 1 aromatic rings. The molecule has 2 heterocycles. The molecule has 6 rings (SSSR count). The topological polar surface area (TPSA) is 61.4 Å². The minimum atomic E-state index is -0.409. The van der Waals surface area contributed by atoms with Gasteiger partial charge < -0.3 is 15.5 Å². The Kier molecular flexibility index (Phi) is 4.18. The number of benzene rings is 1. The molecule has 4 unspecified atom stereocenters. The summed E-state index contributed by atoms with van der Waals surface area (Å²) in [5.41, 5.74) is 1.17. The third kappa shape index (κ3) is 2.73. The maximum atomic E-state index is 13.5. The van der Waals surface area contributed by atoms with Crippen LogP contribution >= 0.6 is 0 Å². The van der Waals surface area contributed by atoms with Crippen LogP contribution in [0.5, 0.6) is 0 Å². The molecule has 28 heavy (non-hydrogen) atoms. The third-order valence-corrected chi connectivity index (χ3v) is 7.89. The Balaban J connectivity index is 1.41. The SMILES string of the molecule is CC12CCC(CC1C(=O)N1CCCCCC1)C1(C2)NC(=O)c2ccccc2N1. The summed E-state index contributed by atoms with van der Waals surface area (Å²) in [6, 6.07) is 7.76. The van der Waals surface area contributed by atoms with Crippen LogP contribution in [0, 0.1) is 17.3 Å². The van der Waals surface area contributed by atoms with Crippen molar-refractivity contribution in [2.75, 3.05) is 18.4 Å². The van der Waals surface area contributed by atoms with Crippen LogP contribution in [0.1, 0.15) is 68.6 Å². The average molecular weight is 382 g/mol. The number of nitrogens with zero attached hydrogens (tertiary/aromatic N) is 1. The molecule has 5 aliphatic rings. The molecule has 4 atom stereocenters. The van der Waals surface area contributed by atoms with Crippen LogP contribution in [0.15, 0.2) is 24.3 Å².